The van der Waals surface area contributed by atoms with E-state index in [4.69, 9.17) is 4.74 Å². The first kappa shape index (κ1) is 18.9. The van der Waals surface area contributed by atoms with Crippen molar-refractivity contribution >= 4 is 28.3 Å². The van der Waals surface area contributed by atoms with Crippen LogP contribution < -0.4 is 15.0 Å². The molecule has 0 unspecified atom stereocenters. The van der Waals surface area contributed by atoms with Crippen LogP contribution in [0, 0.1) is 0 Å². The average molecular weight is 388 g/mol. The standard InChI is InChI=1S/C23H24N4O2/c1-4-19(28)27-12-13-29-21-18(27)11-10-17-20(21)22(26-15-25-17)24-14-23(2,3)16-8-6-5-7-9-16/h4-11,15H,1,12-14H2,2-3H3,(H,24,25,26). The van der Waals surface area contributed by atoms with Crippen molar-refractivity contribution in [3.63, 3.8) is 0 Å². The van der Waals surface area contributed by atoms with Gasteiger partial charge in [0.1, 0.15) is 18.8 Å². The molecule has 1 aliphatic rings. The van der Waals surface area contributed by atoms with Crippen LogP contribution in [0.15, 0.2) is 61.4 Å². The van der Waals surface area contributed by atoms with Crippen molar-refractivity contribution in [1.82, 2.24) is 9.97 Å². The van der Waals surface area contributed by atoms with Gasteiger partial charge in [0.2, 0.25) is 0 Å². The normalized spacial score (nSPS) is 13.5. The minimum Gasteiger partial charge on any atom is -0.489 e. The minimum absolute atomic E-state index is 0.0981. The predicted molar refractivity (Wildman–Crippen MR) is 116 cm³/mol. The molecule has 1 aromatic heterocycles. The third kappa shape index (κ3) is 3.53. The van der Waals surface area contributed by atoms with Crippen LogP contribution in [-0.4, -0.2) is 35.6 Å². The molecule has 29 heavy (non-hydrogen) atoms. The number of rotatable bonds is 5. The van der Waals surface area contributed by atoms with Gasteiger partial charge in [-0.05, 0) is 23.8 Å². The summed E-state index contributed by atoms with van der Waals surface area (Å²) >= 11 is 0. The van der Waals surface area contributed by atoms with Crippen molar-refractivity contribution < 1.29 is 9.53 Å². The molecular weight excluding hydrogens is 364 g/mol. The van der Waals surface area contributed by atoms with Gasteiger partial charge in [0, 0.05) is 12.0 Å². The fraction of sp³-hybridized carbons (Fsp3) is 0.261. The molecule has 1 amide bonds. The summed E-state index contributed by atoms with van der Waals surface area (Å²) in [5, 5.41) is 4.27. The summed E-state index contributed by atoms with van der Waals surface area (Å²) in [6, 6.07) is 14.1. The molecule has 0 bridgehead atoms. The van der Waals surface area contributed by atoms with Crippen LogP contribution in [0.5, 0.6) is 5.75 Å². The number of nitrogens with one attached hydrogen (secondary N) is 1. The highest BCUT2D eigenvalue weighted by molar-refractivity contribution is 6.07. The number of aromatic nitrogens is 2. The van der Waals surface area contributed by atoms with E-state index < -0.39 is 0 Å². The zero-order valence-corrected chi connectivity index (χ0v) is 16.7. The van der Waals surface area contributed by atoms with Crippen LogP contribution in [0.4, 0.5) is 11.5 Å². The van der Waals surface area contributed by atoms with Gasteiger partial charge >= 0.3 is 0 Å². The zero-order chi connectivity index (χ0) is 20.4. The van der Waals surface area contributed by atoms with Gasteiger partial charge in [-0.1, -0.05) is 50.8 Å². The SMILES string of the molecule is C=CC(=O)N1CCOc2c1ccc1ncnc(NCC(C)(C)c3ccccc3)c21. The fourth-order valence-corrected chi connectivity index (χ4v) is 3.60. The first-order chi connectivity index (χ1) is 14.0. The van der Waals surface area contributed by atoms with E-state index in [1.165, 1.54) is 11.6 Å². The van der Waals surface area contributed by atoms with E-state index in [0.29, 0.717) is 37.0 Å². The van der Waals surface area contributed by atoms with Gasteiger partial charge in [-0.25, -0.2) is 9.97 Å². The molecule has 4 rings (SSSR count). The quantitative estimate of drug-likeness (QED) is 0.671. The van der Waals surface area contributed by atoms with E-state index in [2.05, 4.69) is 47.8 Å². The van der Waals surface area contributed by atoms with Crippen molar-refractivity contribution in [2.24, 2.45) is 0 Å². The second-order valence-corrected chi connectivity index (χ2v) is 7.68. The number of benzene rings is 2. The Morgan fingerprint density at radius 1 is 1.24 bits per heavy atom. The van der Waals surface area contributed by atoms with Gasteiger partial charge in [-0.15, -0.1) is 0 Å². The first-order valence-electron chi connectivity index (χ1n) is 9.65. The Labute approximate surface area is 170 Å². The lowest BCUT2D eigenvalue weighted by molar-refractivity contribution is -0.114. The molecule has 1 aliphatic heterocycles. The number of carbonyl (C=O) groups is 1. The Balaban J connectivity index is 1.72. The van der Waals surface area contributed by atoms with Gasteiger partial charge in [-0.3, -0.25) is 4.79 Å². The summed E-state index contributed by atoms with van der Waals surface area (Å²) in [4.78, 5) is 22.8. The fourth-order valence-electron chi connectivity index (χ4n) is 3.60. The van der Waals surface area contributed by atoms with E-state index in [0.717, 1.165) is 10.9 Å². The Morgan fingerprint density at radius 3 is 2.79 bits per heavy atom. The summed E-state index contributed by atoms with van der Waals surface area (Å²) in [7, 11) is 0. The molecule has 6 nitrogen and oxygen atoms in total. The average Bonchev–Trinajstić information content (AvgIpc) is 2.77. The van der Waals surface area contributed by atoms with Crippen molar-refractivity contribution in [3.05, 3.63) is 67.0 Å². The second kappa shape index (κ2) is 7.54. The van der Waals surface area contributed by atoms with Crippen molar-refractivity contribution in [2.75, 3.05) is 29.9 Å². The van der Waals surface area contributed by atoms with Gasteiger partial charge in [-0.2, -0.15) is 0 Å². The zero-order valence-electron chi connectivity index (χ0n) is 16.7. The molecule has 1 N–H and O–H groups in total. The van der Waals surface area contributed by atoms with Crippen LogP contribution in [0.3, 0.4) is 0 Å². The van der Waals surface area contributed by atoms with Gasteiger partial charge in [0.05, 0.1) is 23.1 Å². The maximum atomic E-state index is 12.3. The Kier molecular flexibility index (Phi) is 4.92. The lowest BCUT2D eigenvalue weighted by atomic mass is 9.84. The van der Waals surface area contributed by atoms with Gasteiger partial charge < -0.3 is 15.0 Å². The van der Waals surface area contributed by atoms with E-state index in [9.17, 15) is 4.79 Å². The van der Waals surface area contributed by atoms with E-state index in [1.54, 1.807) is 11.2 Å². The van der Waals surface area contributed by atoms with Gasteiger partial charge in [0.15, 0.2) is 5.75 Å². The monoisotopic (exact) mass is 388 g/mol. The number of amides is 1. The molecule has 0 saturated heterocycles. The summed E-state index contributed by atoms with van der Waals surface area (Å²) in [6.45, 7) is 9.57. The number of ether oxygens (including phenoxy) is 1. The molecule has 0 aliphatic carbocycles. The molecule has 0 radical (unpaired) electrons. The summed E-state index contributed by atoms with van der Waals surface area (Å²) < 4.78 is 5.97. The number of anilines is 2. The minimum atomic E-state index is -0.148. The molecule has 0 saturated carbocycles. The van der Waals surface area contributed by atoms with E-state index in [1.807, 2.05) is 30.3 Å². The Bertz CT molecular complexity index is 1060. The summed E-state index contributed by atoms with van der Waals surface area (Å²) in [6.07, 6.45) is 2.87. The highest BCUT2D eigenvalue weighted by Crippen LogP contribution is 2.41. The topological polar surface area (TPSA) is 67.4 Å². The first-order valence-corrected chi connectivity index (χ1v) is 9.65. The molecule has 0 atom stereocenters. The van der Waals surface area contributed by atoms with Gasteiger partial charge in [0.25, 0.3) is 5.91 Å². The largest absolute Gasteiger partial charge is 0.489 e. The number of carbonyl (C=O) groups excluding carboxylic acids is 1. The molecule has 2 heterocycles. The number of hydrogen-bond donors (Lipinski definition) is 1. The highest BCUT2D eigenvalue weighted by Gasteiger charge is 2.27. The third-order valence-electron chi connectivity index (χ3n) is 5.28. The summed E-state index contributed by atoms with van der Waals surface area (Å²) in [5.41, 5.74) is 2.63. The molecule has 3 aromatic rings. The number of nitrogens with zero attached hydrogens (tertiary/aromatic N) is 3. The van der Waals surface area contributed by atoms with E-state index >= 15 is 0 Å². The highest BCUT2D eigenvalue weighted by atomic mass is 16.5. The maximum absolute atomic E-state index is 12.3. The van der Waals surface area contributed by atoms with E-state index in [-0.39, 0.29) is 11.3 Å². The molecule has 2 aromatic carbocycles. The number of fused-ring (bicyclic) bond motifs is 3. The van der Waals surface area contributed by atoms with Crippen LogP contribution in [0.2, 0.25) is 0 Å². The van der Waals surface area contributed by atoms with Crippen LogP contribution in [0.25, 0.3) is 10.9 Å². The van der Waals surface area contributed by atoms with Crippen LogP contribution in [0.1, 0.15) is 19.4 Å². The van der Waals surface area contributed by atoms with Crippen molar-refractivity contribution in [3.8, 4) is 5.75 Å². The van der Waals surface area contributed by atoms with Crippen LogP contribution in [-0.2, 0) is 10.2 Å². The predicted octanol–water partition coefficient (Wildman–Crippen LogP) is 3.93. The van der Waals surface area contributed by atoms with Crippen molar-refractivity contribution in [2.45, 2.75) is 19.3 Å². The molecule has 0 fully saturated rings. The second-order valence-electron chi connectivity index (χ2n) is 7.68. The van der Waals surface area contributed by atoms with Crippen LogP contribution >= 0.6 is 0 Å². The van der Waals surface area contributed by atoms with Crippen molar-refractivity contribution in [1.29, 1.82) is 0 Å². The number of hydrogen-bond acceptors (Lipinski definition) is 5. The lowest BCUT2D eigenvalue weighted by Gasteiger charge is -2.30. The summed E-state index contributed by atoms with van der Waals surface area (Å²) in [5.74, 6) is 1.18. The molecule has 0 spiro atoms. The lowest BCUT2D eigenvalue weighted by Crippen LogP contribution is -2.37. The third-order valence-corrected chi connectivity index (χ3v) is 5.28. The molecular formula is C23H24N4O2. The maximum Gasteiger partial charge on any atom is 0.250 e. The smallest absolute Gasteiger partial charge is 0.250 e. The molecule has 6 heteroatoms. The Hall–Kier alpha value is -3.41. The molecule has 148 valence electrons. The Morgan fingerprint density at radius 2 is 2.03 bits per heavy atom.